The Morgan fingerprint density at radius 1 is 1.44 bits per heavy atom. The molecule has 1 aliphatic carbocycles. The van der Waals surface area contributed by atoms with Crippen molar-refractivity contribution in [3.8, 4) is 0 Å². The quantitative estimate of drug-likeness (QED) is 0.543. The molecule has 1 radical (unpaired) electrons. The predicted octanol–water partition coefficient (Wildman–Crippen LogP) is 3.18. The van der Waals surface area contributed by atoms with Crippen LogP contribution in [0, 0.1) is 11.3 Å². The normalized spacial score (nSPS) is 35.0. The first-order valence-corrected chi connectivity index (χ1v) is 4.08. The Balaban J connectivity index is 2.22. The maximum Gasteiger partial charge on any atom is -0.0176 e. The molecule has 0 heteroatoms. The van der Waals surface area contributed by atoms with Crippen molar-refractivity contribution < 1.29 is 0 Å². The molecular formula is C9H17. The SMILES string of the molecule is CCC[C]1CC1(C)CC. The van der Waals surface area contributed by atoms with E-state index < -0.39 is 0 Å². The maximum atomic E-state index is 2.39. The van der Waals surface area contributed by atoms with Gasteiger partial charge in [-0.15, -0.1) is 0 Å². The summed E-state index contributed by atoms with van der Waals surface area (Å²) in [7, 11) is 0. The second kappa shape index (κ2) is 2.32. The highest BCUT2D eigenvalue weighted by Crippen LogP contribution is 2.58. The molecule has 0 aromatic rings. The average Bonchev–Trinajstić information content (AvgIpc) is 2.46. The van der Waals surface area contributed by atoms with Gasteiger partial charge in [0.15, 0.2) is 0 Å². The van der Waals surface area contributed by atoms with Gasteiger partial charge in [-0.3, -0.25) is 0 Å². The molecule has 0 bridgehead atoms. The van der Waals surface area contributed by atoms with Crippen molar-refractivity contribution >= 4 is 0 Å². The lowest BCUT2D eigenvalue weighted by Gasteiger charge is -2.04. The van der Waals surface area contributed by atoms with E-state index in [1.54, 1.807) is 0 Å². The maximum absolute atomic E-state index is 2.39. The van der Waals surface area contributed by atoms with Gasteiger partial charge in [0.05, 0.1) is 0 Å². The first-order chi connectivity index (χ1) is 4.23. The van der Waals surface area contributed by atoms with E-state index >= 15 is 0 Å². The van der Waals surface area contributed by atoms with Crippen LogP contribution in [0.1, 0.15) is 46.5 Å². The zero-order valence-electron chi connectivity index (χ0n) is 6.83. The highest BCUT2D eigenvalue weighted by Gasteiger charge is 2.47. The topological polar surface area (TPSA) is 0 Å². The van der Waals surface area contributed by atoms with E-state index in [0.717, 1.165) is 0 Å². The van der Waals surface area contributed by atoms with Crippen molar-refractivity contribution in [2.24, 2.45) is 5.41 Å². The molecule has 1 saturated carbocycles. The van der Waals surface area contributed by atoms with E-state index in [1.165, 1.54) is 25.7 Å². The highest BCUT2D eigenvalue weighted by atomic mass is 14.5. The molecule has 0 N–H and O–H groups in total. The molecule has 0 spiro atoms. The largest absolute Gasteiger partial charge is 0.0654 e. The molecule has 0 saturated heterocycles. The molecule has 0 aromatic carbocycles. The molecule has 1 unspecified atom stereocenters. The molecule has 0 aliphatic heterocycles. The third-order valence-electron chi connectivity index (χ3n) is 2.66. The van der Waals surface area contributed by atoms with Crippen LogP contribution in [0.15, 0.2) is 0 Å². The minimum absolute atomic E-state index is 0.677. The molecule has 1 atom stereocenters. The summed E-state index contributed by atoms with van der Waals surface area (Å²) in [5.41, 5.74) is 0.677. The summed E-state index contributed by atoms with van der Waals surface area (Å²) in [4.78, 5) is 0. The lowest BCUT2D eigenvalue weighted by atomic mass is 10.0. The van der Waals surface area contributed by atoms with Gasteiger partial charge in [-0.1, -0.05) is 33.6 Å². The van der Waals surface area contributed by atoms with E-state index in [1.807, 2.05) is 5.92 Å². The van der Waals surface area contributed by atoms with Gasteiger partial charge < -0.3 is 0 Å². The number of rotatable bonds is 3. The van der Waals surface area contributed by atoms with E-state index in [2.05, 4.69) is 20.8 Å². The highest BCUT2D eigenvalue weighted by molar-refractivity contribution is 5.21. The summed E-state index contributed by atoms with van der Waals surface area (Å²) < 4.78 is 0. The van der Waals surface area contributed by atoms with Crippen molar-refractivity contribution in [3.05, 3.63) is 5.92 Å². The lowest BCUT2D eigenvalue weighted by molar-refractivity contribution is 0.548. The smallest absolute Gasteiger partial charge is 0.0176 e. The van der Waals surface area contributed by atoms with Crippen LogP contribution in [-0.4, -0.2) is 0 Å². The lowest BCUT2D eigenvalue weighted by Crippen LogP contribution is -1.92. The van der Waals surface area contributed by atoms with Gasteiger partial charge in [-0.2, -0.15) is 0 Å². The van der Waals surface area contributed by atoms with Crippen molar-refractivity contribution in [1.82, 2.24) is 0 Å². The number of hydrogen-bond acceptors (Lipinski definition) is 0. The zero-order valence-corrected chi connectivity index (χ0v) is 6.83. The second-order valence-corrected chi connectivity index (χ2v) is 3.44. The average molecular weight is 125 g/mol. The fourth-order valence-electron chi connectivity index (χ4n) is 1.49. The van der Waals surface area contributed by atoms with Crippen molar-refractivity contribution in [2.45, 2.75) is 46.5 Å². The van der Waals surface area contributed by atoms with Crippen LogP contribution in [0.3, 0.4) is 0 Å². The molecule has 1 fully saturated rings. The molecular weight excluding hydrogens is 108 g/mol. The van der Waals surface area contributed by atoms with Crippen LogP contribution in [0.5, 0.6) is 0 Å². The van der Waals surface area contributed by atoms with Gasteiger partial charge in [0.25, 0.3) is 0 Å². The Bertz CT molecular complexity index is 94.2. The van der Waals surface area contributed by atoms with Crippen molar-refractivity contribution in [2.75, 3.05) is 0 Å². The van der Waals surface area contributed by atoms with E-state index in [9.17, 15) is 0 Å². The Morgan fingerprint density at radius 2 is 2.11 bits per heavy atom. The third-order valence-corrected chi connectivity index (χ3v) is 2.66. The first-order valence-electron chi connectivity index (χ1n) is 4.08. The van der Waals surface area contributed by atoms with Crippen LogP contribution in [-0.2, 0) is 0 Å². The zero-order chi connectivity index (χ0) is 6.91. The number of hydrogen-bond donors (Lipinski definition) is 0. The molecule has 1 aliphatic rings. The summed E-state index contributed by atoms with van der Waals surface area (Å²) in [6.45, 7) is 6.95. The first kappa shape index (κ1) is 7.11. The van der Waals surface area contributed by atoms with Crippen LogP contribution in [0.2, 0.25) is 0 Å². The molecule has 0 heterocycles. The Morgan fingerprint density at radius 3 is 2.44 bits per heavy atom. The van der Waals surface area contributed by atoms with Gasteiger partial charge in [0, 0.05) is 0 Å². The Kier molecular flexibility index (Phi) is 1.83. The second-order valence-electron chi connectivity index (χ2n) is 3.44. The van der Waals surface area contributed by atoms with Crippen LogP contribution >= 0.6 is 0 Å². The summed E-state index contributed by atoms with van der Waals surface area (Å²) in [5, 5.41) is 0. The summed E-state index contributed by atoms with van der Waals surface area (Å²) >= 11 is 0. The van der Waals surface area contributed by atoms with E-state index in [4.69, 9.17) is 0 Å². The fourth-order valence-corrected chi connectivity index (χ4v) is 1.49. The van der Waals surface area contributed by atoms with Crippen LogP contribution in [0.25, 0.3) is 0 Å². The van der Waals surface area contributed by atoms with Gasteiger partial charge in [0.1, 0.15) is 0 Å². The van der Waals surface area contributed by atoms with Crippen LogP contribution in [0.4, 0.5) is 0 Å². The molecule has 1 rings (SSSR count). The minimum Gasteiger partial charge on any atom is -0.0654 e. The van der Waals surface area contributed by atoms with Crippen molar-refractivity contribution in [3.63, 3.8) is 0 Å². The van der Waals surface area contributed by atoms with Crippen molar-refractivity contribution in [1.29, 1.82) is 0 Å². The fraction of sp³-hybridized carbons (Fsp3) is 0.889. The van der Waals surface area contributed by atoms with E-state index in [0.29, 0.717) is 5.41 Å². The molecule has 0 aromatic heterocycles. The minimum atomic E-state index is 0.677. The molecule has 0 nitrogen and oxygen atoms in total. The molecule has 53 valence electrons. The Hall–Kier alpha value is 0. The summed E-state index contributed by atoms with van der Waals surface area (Å²) in [6.07, 6.45) is 5.48. The summed E-state index contributed by atoms with van der Waals surface area (Å²) in [6, 6.07) is 0. The van der Waals surface area contributed by atoms with Gasteiger partial charge in [-0.25, -0.2) is 0 Å². The van der Waals surface area contributed by atoms with E-state index in [-0.39, 0.29) is 0 Å². The third kappa shape index (κ3) is 1.28. The summed E-state index contributed by atoms with van der Waals surface area (Å²) in [5.74, 6) is 1.81. The Labute approximate surface area is 58.7 Å². The van der Waals surface area contributed by atoms with Gasteiger partial charge >= 0.3 is 0 Å². The van der Waals surface area contributed by atoms with Gasteiger partial charge in [0.2, 0.25) is 0 Å². The molecule has 0 amide bonds. The monoisotopic (exact) mass is 125 g/mol. The predicted molar refractivity (Wildman–Crippen MR) is 41.2 cm³/mol. The molecule has 9 heavy (non-hydrogen) atoms. The van der Waals surface area contributed by atoms with Gasteiger partial charge in [-0.05, 0) is 24.2 Å². The standard InChI is InChI=1S/C9H17/c1-4-6-8-7-9(8,3)5-2/h4-7H2,1-3H3. The van der Waals surface area contributed by atoms with Crippen LogP contribution < -0.4 is 0 Å².